The molecule has 0 rings (SSSR count). The molecule has 0 fully saturated rings. The molecule has 0 aliphatic rings. The zero-order valence-corrected chi connectivity index (χ0v) is 33.0. The number of phosphoric acid groups is 1. The number of esters is 2. The maximum absolute atomic E-state index is 12.5. The van der Waals surface area contributed by atoms with Gasteiger partial charge >= 0.3 is 19.8 Å². The zero-order chi connectivity index (χ0) is 37.7. The average Bonchev–Trinajstić information content (AvgIpc) is 3.12. The Hall–Kier alpha value is -1.81. The number of rotatable bonds is 37. The highest BCUT2D eigenvalue weighted by molar-refractivity contribution is 7.47. The maximum Gasteiger partial charge on any atom is 0.472 e. The molecule has 11 heteroatoms. The molecule has 0 aliphatic heterocycles. The number of carbonyl (C=O) groups is 2. The van der Waals surface area contributed by atoms with E-state index in [9.17, 15) is 24.2 Å². The van der Waals surface area contributed by atoms with E-state index >= 15 is 0 Å². The van der Waals surface area contributed by atoms with Crippen molar-refractivity contribution in [3.63, 3.8) is 0 Å². The zero-order valence-electron chi connectivity index (χ0n) is 32.1. The van der Waals surface area contributed by atoms with Crippen LogP contribution in [0.4, 0.5) is 0 Å². The summed E-state index contributed by atoms with van der Waals surface area (Å²) in [4.78, 5) is 34.9. The number of phosphoric ester groups is 1. The minimum atomic E-state index is -4.62. The molecule has 3 atom stereocenters. The summed E-state index contributed by atoms with van der Waals surface area (Å²) >= 11 is 0. The van der Waals surface area contributed by atoms with Gasteiger partial charge in [-0.25, -0.2) is 4.57 Å². The number of hydrogen-bond acceptors (Lipinski definition) is 9. The Balaban J connectivity index is 4.38. The van der Waals surface area contributed by atoms with Gasteiger partial charge in [-0.3, -0.25) is 18.6 Å². The van der Waals surface area contributed by atoms with Gasteiger partial charge < -0.3 is 24.6 Å². The molecule has 298 valence electrons. The highest BCUT2D eigenvalue weighted by Gasteiger charge is 2.27. The normalized spacial score (nSPS) is 14.4. The molecule has 0 bridgehead atoms. The first-order valence-electron chi connectivity index (χ1n) is 19.9. The number of unbranched alkanes of at least 4 members (excludes halogenated alkanes) is 17. The summed E-state index contributed by atoms with van der Waals surface area (Å²) in [6.07, 6.45) is 35.4. The molecule has 0 saturated heterocycles. The minimum Gasteiger partial charge on any atom is -0.462 e. The molecule has 1 unspecified atom stereocenters. The molecular weight excluding hydrogens is 671 g/mol. The first-order valence-corrected chi connectivity index (χ1v) is 21.4. The van der Waals surface area contributed by atoms with Crippen molar-refractivity contribution in [2.24, 2.45) is 0 Å². The molecule has 0 amide bonds. The SMILES string of the molecule is CCCCC/C=C\C/C=C\CCCCCCCC(=O)OC[C@H](COP(=O)(O)OC[C@@H](O)CO)OC(=O)CCCCCCC/C=C\CCCCCC. The van der Waals surface area contributed by atoms with Crippen LogP contribution in [0.3, 0.4) is 0 Å². The highest BCUT2D eigenvalue weighted by Crippen LogP contribution is 2.43. The lowest BCUT2D eigenvalue weighted by Gasteiger charge is -2.20. The smallest absolute Gasteiger partial charge is 0.462 e. The Morgan fingerprint density at radius 2 is 1.02 bits per heavy atom. The van der Waals surface area contributed by atoms with Crippen molar-refractivity contribution in [3.05, 3.63) is 36.5 Å². The van der Waals surface area contributed by atoms with Crippen molar-refractivity contribution in [2.45, 2.75) is 180 Å². The van der Waals surface area contributed by atoms with Crippen LogP contribution in [0.15, 0.2) is 36.5 Å². The second-order valence-corrected chi connectivity index (χ2v) is 14.8. The van der Waals surface area contributed by atoms with Gasteiger partial charge in [0.15, 0.2) is 6.10 Å². The highest BCUT2D eigenvalue weighted by atomic mass is 31.2. The summed E-state index contributed by atoms with van der Waals surface area (Å²) in [5.41, 5.74) is 0. The van der Waals surface area contributed by atoms with E-state index < -0.39 is 51.8 Å². The number of allylic oxidation sites excluding steroid dienone is 6. The van der Waals surface area contributed by atoms with Crippen LogP contribution >= 0.6 is 7.82 Å². The maximum atomic E-state index is 12.5. The minimum absolute atomic E-state index is 0.171. The lowest BCUT2D eigenvalue weighted by Crippen LogP contribution is -2.29. The summed E-state index contributed by atoms with van der Waals surface area (Å²) < 4.78 is 32.6. The van der Waals surface area contributed by atoms with E-state index in [1.807, 2.05) is 0 Å². The fraction of sp³-hybridized carbons (Fsp3) is 0.800. The molecule has 0 aromatic heterocycles. The Morgan fingerprint density at radius 3 is 1.57 bits per heavy atom. The standard InChI is InChI=1S/C40H73O10P/c1-3-5-7-9-11-13-15-17-18-20-21-23-25-27-29-31-39(43)47-35-38(36-49-51(45,46)48-34-37(42)33-41)50-40(44)32-30-28-26-24-22-19-16-14-12-10-8-6-4-2/h11,13-14,16-18,37-38,41-42H,3-10,12,15,19-36H2,1-2H3,(H,45,46)/b13-11-,16-14-,18-17-/t37-,38+/m0/s1. The summed E-state index contributed by atoms with van der Waals surface area (Å²) in [7, 11) is -4.62. The van der Waals surface area contributed by atoms with Crippen molar-refractivity contribution < 1.29 is 47.8 Å². The first kappa shape index (κ1) is 49.2. The van der Waals surface area contributed by atoms with Crippen molar-refractivity contribution in [1.29, 1.82) is 0 Å². The van der Waals surface area contributed by atoms with Gasteiger partial charge in [-0.2, -0.15) is 0 Å². The van der Waals surface area contributed by atoms with Crippen LogP contribution < -0.4 is 0 Å². The third-order valence-electron chi connectivity index (χ3n) is 8.27. The van der Waals surface area contributed by atoms with Crippen LogP contribution in [-0.2, 0) is 32.7 Å². The van der Waals surface area contributed by atoms with E-state index in [1.54, 1.807) is 0 Å². The molecule has 0 aromatic rings. The second kappa shape index (κ2) is 36.5. The molecule has 0 radical (unpaired) electrons. The third kappa shape index (κ3) is 36.3. The van der Waals surface area contributed by atoms with Gasteiger partial charge in [0.1, 0.15) is 12.7 Å². The van der Waals surface area contributed by atoms with Gasteiger partial charge in [0.25, 0.3) is 0 Å². The van der Waals surface area contributed by atoms with E-state index in [2.05, 4.69) is 54.8 Å². The topological polar surface area (TPSA) is 149 Å². The van der Waals surface area contributed by atoms with Gasteiger partial charge in [-0.05, 0) is 70.6 Å². The number of hydrogen-bond donors (Lipinski definition) is 3. The van der Waals surface area contributed by atoms with E-state index in [4.69, 9.17) is 19.1 Å². The van der Waals surface area contributed by atoms with Crippen LogP contribution in [-0.4, -0.2) is 65.7 Å². The van der Waals surface area contributed by atoms with E-state index in [0.29, 0.717) is 12.8 Å². The second-order valence-electron chi connectivity index (χ2n) is 13.3. The molecule has 0 saturated carbocycles. The number of aliphatic hydroxyl groups is 2. The Morgan fingerprint density at radius 1 is 0.588 bits per heavy atom. The van der Waals surface area contributed by atoms with Gasteiger partial charge in [0.05, 0.1) is 19.8 Å². The van der Waals surface area contributed by atoms with Gasteiger partial charge in [-0.1, -0.05) is 121 Å². The number of carbonyl (C=O) groups excluding carboxylic acids is 2. The largest absolute Gasteiger partial charge is 0.472 e. The van der Waals surface area contributed by atoms with Crippen molar-refractivity contribution in [2.75, 3.05) is 26.4 Å². The van der Waals surface area contributed by atoms with Crippen molar-refractivity contribution in [1.82, 2.24) is 0 Å². The summed E-state index contributed by atoms with van der Waals surface area (Å²) in [6, 6.07) is 0. The van der Waals surface area contributed by atoms with Gasteiger partial charge in [0.2, 0.25) is 0 Å². The molecule has 10 nitrogen and oxygen atoms in total. The quantitative estimate of drug-likeness (QED) is 0.0243. The van der Waals surface area contributed by atoms with Crippen molar-refractivity contribution in [3.8, 4) is 0 Å². The van der Waals surface area contributed by atoms with E-state index in [-0.39, 0.29) is 19.4 Å². The molecule has 0 aliphatic carbocycles. The molecule has 0 heterocycles. The van der Waals surface area contributed by atoms with Crippen LogP contribution in [0.1, 0.15) is 168 Å². The molecule has 0 spiro atoms. The number of aliphatic hydroxyl groups excluding tert-OH is 2. The lowest BCUT2D eigenvalue weighted by atomic mass is 10.1. The molecule has 3 N–H and O–H groups in total. The van der Waals surface area contributed by atoms with E-state index in [0.717, 1.165) is 83.5 Å². The van der Waals surface area contributed by atoms with E-state index in [1.165, 1.54) is 44.9 Å². The molecule has 0 aromatic carbocycles. The first-order chi connectivity index (χ1) is 24.7. The van der Waals surface area contributed by atoms with Crippen LogP contribution in [0.25, 0.3) is 0 Å². The van der Waals surface area contributed by atoms with Crippen LogP contribution in [0.2, 0.25) is 0 Å². The third-order valence-corrected chi connectivity index (χ3v) is 9.22. The fourth-order valence-corrected chi connectivity index (χ4v) is 5.92. The molecule has 51 heavy (non-hydrogen) atoms. The Bertz CT molecular complexity index is 952. The fourth-order valence-electron chi connectivity index (χ4n) is 5.13. The van der Waals surface area contributed by atoms with Gasteiger partial charge in [0, 0.05) is 12.8 Å². The predicted octanol–water partition coefficient (Wildman–Crippen LogP) is 10.00. The lowest BCUT2D eigenvalue weighted by molar-refractivity contribution is -0.161. The monoisotopic (exact) mass is 744 g/mol. The van der Waals surface area contributed by atoms with Crippen LogP contribution in [0.5, 0.6) is 0 Å². The average molecular weight is 745 g/mol. The summed E-state index contributed by atoms with van der Waals surface area (Å²) in [5, 5.41) is 18.3. The van der Waals surface area contributed by atoms with Crippen LogP contribution in [0, 0.1) is 0 Å². The summed E-state index contributed by atoms with van der Waals surface area (Å²) in [6.45, 7) is 2.30. The Kier molecular flexibility index (Phi) is 35.2. The predicted molar refractivity (Wildman–Crippen MR) is 205 cm³/mol. The van der Waals surface area contributed by atoms with Crippen molar-refractivity contribution >= 4 is 19.8 Å². The number of ether oxygens (including phenoxy) is 2. The summed E-state index contributed by atoms with van der Waals surface area (Å²) in [5.74, 6) is -0.952. The Labute approximate surface area is 310 Å². The van der Waals surface area contributed by atoms with Gasteiger partial charge in [-0.15, -0.1) is 0 Å². The molecular formula is C40H73O10P.